The molecular weight excluding hydrogens is 1550 g/mol. The van der Waals surface area contributed by atoms with Crippen molar-refractivity contribution in [1.82, 2.24) is 5.32 Å². The van der Waals surface area contributed by atoms with Crippen LogP contribution in [0.25, 0.3) is 6.08 Å². The first kappa shape index (κ1) is 91.9. The van der Waals surface area contributed by atoms with E-state index in [1.807, 2.05) is 0 Å². The molecule has 0 saturated carbocycles. The highest BCUT2D eigenvalue weighted by Crippen LogP contribution is 2.43. The molecule has 22 N–H and O–H groups in total. The Morgan fingerprint density at radius 2 is 0.805 bits per heavy atom. The maximum Gasteiger partial charge on any atom is 0.397 e. The predicted molar refractivity (Wildman–Crippen MR) is 381 cm³/mol. The minimum atomic E-state index is -5.34. The van der Waals surface area contributed by atoms with Gasteiger partial charge in [-0.1, -0.05) is 6.07 Å². The third-order valence-electron chi connectivity index (χ3n) is 22.0. The second-order valence-electron chi connectivity index (χ2n) is 32.2. The fraction of sp³-hybridized carbons (Fsp3) is 0.870. The van der Waals surface area contributed by atoms with E-state index in [0.717, 1.165) is 12.1 Å². The van der Waals surface area contributed by atoms with E-state index in [2.05, 4.69) is 5.32 Å². The molecule has 9 aliphatic heterocycles. The minimum Gasteiger partial charge on any atom is -0.504 e. The second-order valence-corrected chi connectivity index (χ2v) is 34.9. The number of aliphatic hydroxyl groups excluding tert-OH is 10. The Hall–Kier alpha value is -3.43. The van der Waals surface area contributed by atoms with Crippen molar-refractivity contribution in [2.45, 2.75) is 365 Å². The van der Waals surface area contributed by atoms with Gasteiger partial charge in [-0.25, -0.2) is 4.18 Å². The van der Waals surface area contributed by atoms with E-state index in [4.69, 9.17) is 117 Å². The number of nitrogens with two attached hydrogens (primary N) is 4. The van der Waals surface area contributed by atoms with Crippen LogP contribution in [0.5, 0.6) is 11.5 Å². The van der Waals surface area contributed by atoms with E-state index in [-0.39, 0.29) is 43.5 Å². The Morgan fingerprint density at radius 3 is 1.19 bits per heavy atom. The predicted octanol–water partition coefficient (Wildman–Crippen LogP) is -5.20. The highest BCUT2D eigenvalue weighted by Gasteiger charge is 2.59. The monoisotopic (exact) mass is 1670 g/mol. The normalized spacial score (nSPS) is 49.1. The molecule has 41 unspecified atom stereocenters. The van der Waals surface area contributed by atoms with Crippen LogP contribution in [0.1, 0.15) is 121 Å². The summed E-state index contributed by atoms with van der Waals surface area (Å²) < 4.78 is 180. The molecule has 41 atom stereocenters. The number of rotatable bonds is 25. The van der Waals surface area contributed by atoms with Crippen molar-refractivity contribution in [2.75, 3.05) is 12.3 Å². The zero-order chi connectivity index (χ0) is 83.6. The molecule has 44 heteroatoms. The maximum atomic E-state index is 12.2. The van der Waals surface area contributed by atoms with Crippen molar-refractivity contribution in [3.63, 3.8) is 0 Å². The van der Waals surface area contributed by atoms with Gasteiger partial charge < -0.3 is 170 Å². The van der Waals surface area contributed by atoms with Crippen LogP contribution in [-0.4, -0.2) is 350 Å². The molecule has 113 heavy (non-hydrogen) atoms. The van der Waals surface area contributed by atoms with Gasteiger partial charge in [-0.15, -0.1) is 0 Å². The van der Waals surface area contributed by atoms with E-state index in [1.165, 1.54) is 39.0 Å². The summed E-state index contributed by atoms with van der Waals surface area (Å²) in [5, 5.41) is 128. The highest BCUT2D eigenvalue weighted by molar-refractivity contribution is 7.85. The minimum absolute atomic E-state index is 0.0670. The Bertz CT molecular complexity index is 3600. The van der Waals surface area contributed by atoms with Gasteiger partial charge in [-0.2, -0.15) is 16.8 Å². The molecule has 9 fully saturated rings. The van der Waals surface area contributed by atoms with E-state index < -0.39 is 288 Å². The largest absolute Gasteiger partial charge is 0.504 e. The molecule has 0 spiro atoms. The van der Waals surface area contributed by atoms with Crippen molar-refractivity contribution in [3.05, 3.63) is 29.8 Å². The quantitative estimate of drug-likeness (QED) is 0.0321. The Morgan fingerprint density at radius 1 is 0.442 bits per heavy atom. The number of carbonyl (C=O) groups excluding carboxylic acids is 1. The first-order chi connectivity index (χ1) is 52.3. The number of phenolic OH excluding ortho intramolecular Hbond substituents is 1. The standard InChI is InChI=1S/C69H115N5O37S2/c1-25-42(77)55(107-61-46(81)43(78)51(26(2)98-61)104-39-22-67(11,71)58(31(7)94-39)108-62-47(82)44(79)52(27(3)99-62)103-38-21-66(10,70)57(86)30(6)93-38)50(85)64(97-25)110-60-33(9)95-40(23-69(60,13)73)105-53-28(4)100-63(48(83)45(53)80)109-59-32(8)96-41(24-68(59,12)72)106-54-29(5)101-65(56(49(54)84)111-113(90,91)92)102-36-16-14-34(20-35(36)75)15-17-37(76)74-18-19-112(87,88)89/h14-17,20,25-33,38-65,75,77-86H,18-19,21-24,70-73H2,1-13H3,(H,74,76)(H,87,88,89)(H,90,91,92). The van der Waals surface area contributed by atoms with Gasteiger partial charge in [-0.3, -0.25) is 13.9 Å². The number of hydrogen-bond acceptors (Lipinski definition) is 39. The number of amides is 1. The summed E-state index contributed by atoms with van der Waals surface area (Å²) in [6.07, 6.45) is -47.7. The van der Waals surface area contributed by atoms with Crippen LogP contribution < -0.4 is 33.0 Å². The summed E-state index contributed by atoms with van der Waals surface area (Å²) in [6, 6.07) is 3.69. The van der Waals surface area contributed by atoms with Crippen LogP contribution in [0.15, 0.2) is 24.3 Å². The molecule has 9 aliphatic rings. The molecule has 9 heterocycles. The van der Waals surface area contributed by atoms with Crippen molar-refractivity contribution in [1.29, 1.82) is 0 Å². The SMILES string of the molecule is CC1OC(OC2C(C)OC(OC3C(C)OC(OC4C(C)OC(OC5C(C)OC(Oc6ccc(C=CC(=O)NCCS(=O)(=O)O)cc6O)C(OS(=O)(=O)O)C5O)CC4(C)N)C(O)C3O)CC2(C)N)C(O)C(OC2OC(C)C(OC3CC(C)(N)C(OC4OC(C)C(OC5CC(C)(N)C(O)C(C)O5)C(O)C4O)C(C)O3)C(O)C2O)C1O. The molecule has 0 bridgehead atoms. The number of benzene rings is 1. The lowest BCUT2D eigenvalue weighted by Gasteiger charge is -2.51. The van der Waals surface area contributed by atoms with Crippen molar-refractivity contribution in [2.24, 2.45) is 22.9 Å². The third kappa shape index (κ3) is 21.7. The van der Waals surface area contributed by atoms with E-state index in [9.17, 15) is 82.4 Å². The lowest BCUT2D eigenvalue weighted by Crippen LogP contribution is -2.68. The highest BCUT2D eigenvalue weighted by atomic mass is 32.3. The van der Waals surface area contributed by atoms with E-state index >= 15 is 0 Å². The van der Waals surface area contributed by atoms with Gasteiger partial charge in [0.2, 0.25) is 12.2 Å². The van der Waals surface area contributed by atoms with Gasteiger partial charge in [0.05, 0.1) is 66.8 Å². The summed E-state index contributed by atoms with van der Waals surface area (Å²) in [5.74, 6) is -2.36. The van der Waals surface area contributed by atoms with Gasteiger partial charge >= 0.3 is 10.4 Å². The molecular formula is C69H115N5O37S2. The molecule has 0 aliphatic carbocycles. The van der Waals surface area contributed by atoms with Gasteiger partial charge in [0.15, 0.2) is 67.9 Å². The fourth-order valence-electron chi connectivity index (χ4n) is 16.0. The number of carbonyl (C=O) groups is 1. The first-order valence-electron chi connectivity index (χ1n) is 37.5. The van der Waals surface area contributed by atoms with Crippen LogP contribution in [0, 0.1) is 0 Å². The summed E-state index contributed by atoms with van der Waals surface area (Å²) in [6.45, 7) is 20.1. The van der Waals surface area contributed by atoms with Crippen LogP contribution in [-0.2, 0) is 110 Å². The Balaban J connectivity index is 0.681. The number of nitrogens with one attached hydrogen (secondary N) is 1. The zero-order valence-corrected chi connectivity index (χ0v) is 66.4. The number of aromatic hydroxyl groups is 1. The average Bonchev–Trinajstić information content (AvgIpc) is 0.774. The number of aliphatic hydroxyl groups is 10. The molecule has 1 amide bonds. The van der Waals surface area contributed by atoms with Crippen LogP contribution in [0.2, 0.25) is 0 Å². The Kier molecular flexibility index (Phi) is 29.3. The number of ether oxygens (including phenoxy) is 18. The van der Waals surface area contributed by atoms with Gasteiger partial charge in [-0.05, 0) is 114 Å². The molecule has 1 aromatic rings. The number of hydrogen-bond donors (Lipinski definition) is 18. The molecule has 1 aromatic carbocycles. The number of phenols is 1. The topological polar surface area (TPSA) is 640 Å². The summed E-state index contributed by atoms with van der Waals surface area (Å²) in [5.41, 5.74) is 22.1. The molecule has 9 saturated heterocycles. The molecule has 42 nitrogen and oxygen atoms in total. The Labute approximate surface area is 653 Å². The molecule has 0 aromatic heterocycles. The van der Waals surface area contributed by atoms with Crippen LogP contribution in [0.4, 0.5) is 0 Å². The van der Waals surface area contributed by atoms with Gasteiger partial charge in [0.25, 0.3) is 10.1 Å². The molecule has 650 valence electrons. The zero-order valence-electron chi connectivity index (χ0n) is 64.7. The van der Waals surface area contributed by atoms with Crippen molar-refractivity contribution >= 4 is 32.5 Å². The van der Waals surface area contributed by atoms with Gasteiger partial charge in [0.1, 0.15) is 104 Å². The van der Waals surface area contributed by atoms with E-state index in [0.29, 0.717) is 0 Å². The molecule has 0 radical (unpaired) electrons. The first-order valence-corrected chi connectivity index (χ1v) is 40.5. The average molecular weight is 1670 g/mol. The van der Waals surface area contributed by atoms with Crippen LogP contribution >= 0.6 is 0 Å². The second kappa shape index (κ2) is 36.1. The van der Waals surface area contributed by atoms with Gasteiger partial charge in [0, 0.05) is 60.5 Å². The smallest absolute Gasteiger partial charge is 0.397 e. The van der Waals surface area contributed by atoms with E-state index in [1.54, 1.807) is 69.2 Å². The molecule has 10 rings (SSSR count). The lowest BCUT2D eigenvalue weighted by molar-refractivity contribution is -0.381. The van der Waals surface area contributed by atoms with Crippen molar-refractivity contribution < 1.29 is 176 Å². The van der Waals surface area contributed by atoms with Crippen LogP contribution in [0.3, 0.4) is 0 Å². The fourth-order valence-corrected chi connectivity index (χ4v) is 16.8. The third-order valence-corrected chi connectivity index (χ3v) is 23.2. The summed E-state index contributed by atoms with van der Waals surface area (Å²) in [4.78, 5) is 12.1. The van der Waals surface area contributed by atoms with Crippen molar-refractivity contribution in [3.8, 4) is 11.5 Å². The lowest BCUT2D eigenvalue weighted by atomic mass is 9.85. The summed E-state index contributed by atoms with van der Waals surface area (Å²) >= 11 is 0. The summed E-state index contributed by atoms with van der Waals surface area (Å²) in [7, 11) is -9.67. The maximum absolute atomic E-state index is 12.2.